The number of carbonyl (C=O) groups is 1. The molecule has 0 bridgehead atoms. The zero-order valence-electron chi connectivity index (χ0n) is 10.7. The molecule has 1 amide bonds. The standard InChI is InChI=1S/C13H20N2OS/c1-13(2)7-6-10(14-3)12(16)15(9-13)11-5-4-8-17-11/h4-5,8,10,14H,6-7,9H2,1-3H3. The first-order chi connectivity index (χ1) is 8.03. The average Bonchev–Trinajstić information content (AvgIpc) is 2.76. The molecule has 1 aliphatic rings. The van der Waals surface area contributed by atoms with Gasteiger partial charge in [0.05, 0.1) is 11.0 Å². The summed E-state index contributed by atoms with van der Waals surface area (Å²) >= 11 is 1.63. The summed E-state index contributed by atoms with van der Waals surface area (Å²) in [6.45, 7) is 5.28. The van der Waals surface area contributed by atoms with E-state index in [-0.39, 0.29) is 17.4 Å². The van der Waals surface area contributed by atoms with Gasteiger partial charge in [-0.25, -0.2) is 0 Å². The molecule has 1 fully saturated rings. The van der Waals surface area contributed by atoms with Crippen molar-refractivity contribution in [2.75, 3.05) is 18.5 Å². The van der Waals surface area contributed by atoms with Crippen LogP contribution in [0.4, 0.5) is 5.00 Å². The highest BCUT2D eigenvalue weighted by Crippen LogP contribution is 2.33. The Bertz CT molecular complexity index is 386. The number of anilines is 1. The Hall–Kier alpha value is -0.870. The van der Waals surface area contributed by atoms with Crippen molar-refractivity contribution in [1.82, 2.24) is 5.32 Å². The second-order valence-corrected chi connectivity index (χ2v) is 6.35. The molecule has 0 spiro atoms. The maximum absolute atomic E-state index is 12.4. The molecule has 0 aromatic carbocycles. The fraction of sp³-hybridized carbons (Fsp3) is 0.615. The molecule has 1 aromatic heterocycles. The Balaban J connectivity index is 2.29. The Morgan fingerprint density at radius 2 is 2.29 bits per heavy atom. The summed E-state index contributed by atoms with van der Waals surface area (Å²) in [5, 5.41) is 6.22. The lowest BCUT2D eigenvalue weighted by atomic mass is 9.87. The van der Waals surface area contributed by atoms with Crippen LogP contribution < -0.4 is 10.2 Å². The number of nitrogens with zero attached hydrogens (tertiary/aromatic N) is 1. The number of amides is 1. The Morgan fingerprint density at radius 3 is 2.88 bits per heavy atom. The van der Waals surface area contributed by atoms with E-state index in [9.17, 15) is 4.79 Å². The van der Waals surface area contributed by atoms with Gasteiger partial charge in [0.15, 0.2) is 0 Å². The summed E-state index contributed by atoms with van der Waals surface area (Å²) in [5.74, 6) is 0.209. The Morgan fingerprint density at radius 1 is 1.53 bits per heavy atom. The molecule has 1 N–H and O–H groups in total. The molecule has 0 saturated carbocycles. The topological polar surface area (TPSA) is 32.3 Å². The van der Waals surface area contributed by atoms with Crippen LogP contribution >= 0.6 is 11.3 Å². The molecule has 1 atom stereocenters. The number of carbonyl (C=O) groups excluding carboxylic acids is 1. The summed E-state index contributed by atoms with van der Waals surface area (Å²) in [6, 6.07) is 3.98. The number of likely N-dealkylation sites (N-methyl/N-ethyl adjacent to an activating group) is 1. The summed E-state index contributed by atoms with van der Waals surface area (Å²) in [6.07, 6.45) is 2.00. The van der Waals surface area contributed by atoms with Crippen molar-refractivity contribution in [3.63, 3.8) is 0 Å². The number of hydrogen-bond acceptors (Lipinski definition) is 3. The van der Waals surface area contributed by atoms with E-state index < -0.39 is 0 Å². The highest BCUT2D eigenvalue weighted by atomic mass is 32.1. The number of rotatable bonds is 2. The highest BCUT2D eigenvalue weighted by Gasteiger charge is 2.34. The molecule has 1 unspecified atom stereocenters. The van der Waals surface area contributed by atoms with Crippen molar-refractivity contribution < 1.29 is 4.79 Å². The minimum absolute atomic E-state index is 0.0427. The van der Waals surface area contributed by atoms with Gasteiger partial charge in [-0.3, -0.25) is 4.79 Å². The molecule has 0 aliphatic carbocycles. The third-order valence-electron chi connectivity index (χ3n) is 3.38. The highest BCUT2D eigenvalue weighted by molar-refractivity contribution is 7.14. The van der Waals surface area contributed by atoms with E-state index in [1.165, 1.54) is 0 Å². The summed E-state index contributed by atoms with van der Waals surface area (Å²) in [4.78, 5) is 14.4. The third kappa shape index (κ3) is 2.69. The summed E-state index contributed by atoms with van der Waals surface area (Å²) in [7, 11) is 1.87. The zero-order chi connectivity index (χ0) is 12.5. The van der Waals surface area contributed by atoms with Crippen molar-refractivity contribution in [3.05, 3.63) is 17.5 Å². The van der Waals surface area contributed by atoms with E-state index in [2.05, 4.69) is 19.2 Å². The third-order valence-corrected chi connectivity index (χ3v) is 4.27. The molecule has 17 heavy (non-hydrogen) atoms. The molecular formula is C13H20N2OS. The van der Waals surface area contributed by atoms with Crippen LogP contribution in [0.1, 0.15) is 26.7 Å². The molecule has 2 rings (SSSR count). The fourth-order valence-electron chi connectivity index (χ4n) is 2.31. The number of thiophene rings is 1. The van der Waals surface area contributed by atoms with Gasteiger partial charge in [-0.2, -0.15) is 0 Å². The monoisotopic (exact) mass is 252 g/mol. The predicted octanol–water partition coefficient (Wildman–Crippen LogP) is 2.49. The van der Waals surface area contributed by atoms with Gasteiger partial charge in [0.25, 0.3) is 0 Å². The lowest BCUT2D eigenvalue weighted by Crippen LogP contribution is -2.45. The molecule has 1 saturated heterocycles. The summed E-state index contributed by atoms with van der Waals surface area (Å²) < 4.78 is 0. The first-order valence-electron chi connectivity index (χ1n) is 6.06. The molecule has 1 aliphatic heterocycles. The van der Waals surface area contributed by atoms with Gasteiger partial charge in [0, 0.05) is 6.54 Å². The molecular weight excluding hydrogens is 232 g/mol. The Labute approximate surface area is 107 Å². The summed E-state index contributed by atoms with van der Waals surface area (Å²) in [5.41, 5.74) is 0.186. The van der Waals surface area contributed by atoms with E-state index in [0.29, 0.717) is 0 Å². The lowest BCUT2D eigenvalue weighted by Gasteiger charge is -2.28. The van der Waals surface area contributed by atoms with E-state index >= 15 is 0 Å². The van der Waals surface area contributed by atoms with Gasteiger partial charge < -0.3 is 10.2 Å². The van der Waals surface area contributed by atoms with Gasteiger partial charge in [-0.15, -0.1) is 11.3 Å². The number of hydrogen-bond donors (Lipinski definition) is 1. The zero-order valence-corrected chi connectivity index (χ0v) is 11.5. The average molecular weight is 252 g/mol. The van der Waals surface area contributed by atoms with Crippen molar-refractivity contribution in [2.24, 2.45) is 5.41 Å². The van der Waals surface area contributed by atoms with Crippen molar-refractivity contribution in [1.29, 1.82) is 0 Å². The van der Waals surface area contributed by atoms with Gasteiger partial charge in [-0.05, 0) is 42.8 Å². The van der Waals surface area contributed by atoms with Crippen LogP contribution in [-0.4, -0.2) is 25.5 Å². The largest absolute Gasteiger partial charge is 0.309 e. The van der Waals surface area contributed by atoms with Crippen molar-refractivity contribution in [2.45, 2.75) is 32.7 Å². The van der Waals surface area contributed by atoms with E-state index in [1.54, 1.807) is 11.3 Å². The van der Waals surface area contributed by atoms with Crippen molar-refractivity contribution in [3.8, 4) is 0 Å². The molecule has 4 heteroatoms. The van der Waals surface area contributed by atoms with E-state index in [4.69, 9.17) is 0 Å². The van der Waals surface area contributed by atoms with Gasteiger partial charge in [0.1, 0.15) is 0 Å². The fourth-order valence-corrected chi connectivity index (χ4v) is 3.04. The minimum Gasteiger partial charge on any atom is -0.309 e. The van der Waals surface area contributed by atoms with Crippen LogP contribution in [0, 0.1) is 5.41 Å². The maximum atomic E-state index is 12.4. The lowest BCUT2D eigenvalue weighted by molar-refractivity contribution is -0.120. The van der Waals surface area contributed by atoms with Crippen molar-refractivity contribution >= 4 is 22.2 Å². The van der Waals surface area contributed by atoms with Gasteiger partial charge >= 0.3 is 0 Å². The molecule has 2 heterocycles. The quantitative estimate of drug-likeness (QED) is 0.877. The second-order valence-electron chi connectivity index (χ2n) is 5.42. The predicted molar refractivity (Wildman–Crippen MR) is 72.5 cm³/mol. The van der Waals surface area contributed by atoms with E-state index in [1.807, 2.05) is 29.5 Å². The SMILES string of the molecule is CNC1CCC(C)(C)CN(c2cccs2)C1=O. The maximum Gasteiger partial charge on any atom is 0.244 e. The Kier molecular flexibility index (Phi) is 3.54. The molecule has 94 valence electrons. The van der Waals surface area contributed by atoms with Crippen LogP contribution in [0.25, 0.3) is 0 Å². The normalized spacial score (nSPS) is 24.8. The first kappa shape index (κ1) is 12.6. The minimum atomic E-state index is -0.0427. The molecule has 1 aromatic rings. The van der Waals surface area contributed by atoms with Crippen LogP contribution in [0.15, 0.2) is 17.5 Å². The van der Waals surface area contributed by atoms with Crippen LogP contribution in [0.3, 0.4) is 0 Å². The van der Waals surface area contributed by atoms with Gasteiger partial charge in [0.2, 0.25) is 5.91 Å². The molecule has 3 nitrogen and oxygen atoms in total. The molecule has 0 radical (unpaired) electrons. The smallest absolute Gasteiger partial charge is 0.244 e. The first-order valence-corrected chi connectivity index (χ1v) is 6.94. The van der Waals surface area contributed by atoms with Crippen LogP contribution in [0.5, 0.6) is 0 Å². The van der Waals surface area contributed by atoms with E-state index in [0.717, 1.165) is 24.4 Å². The van der Waals surface area contributed by atoms with Crippen LogP contribution in [-0.2, 0) is 4.79 Å². The van der Waals surface area contributed by atoms with Gasteiger partial charge in [-0.1, -0.05) is 13.8 Å². The number of nitrogens with one attached hydrogen (secondary N) is 1. The van der Waals surface area contributed by atoms with Crippen LogP contribution in [0.2, 0.25) is 0 Å². The second kappa shape index (κ2) is 4.78.